The van der Waals surface area contributed by atoms with Gasteiger partial charge in [0.1, 0.15) is 5.69 Å². The number of aromatic nitrogens is 1. The Morgan fingerprint density at radius 3 is 2.05 bits per heavy atom. The molecule has 1 aromatic rings. The Kier molecular flexibility index (Phi) is 3.72. The van der Waals surface area contributed by atoms with Gasteiger partial charge < -0.3 is 4.18 Å². The van der Waals surface area contributed by atoms with E-state index in [0.29, 0.717) is 12.1 Å². The van der Waals surface area contributed by atoms with Gasteiger partial charge in [-0.25, -0.2) is 4.98 Å². The van der Waals surface area contributed by atoms with Gasteiger partial charge in [-0.2, -0.15) is 34.8 Å². The highest BCUT2D eigenvalue weighted by Crippen LogP contribution is 2.31. The third kappa shape index (κ3) is 3.72. The number of nitrogens with zero attached hydrogens (tertiary/aromatic N) is 1. The lowest BCUT2D eigenvalue weighted by atomic mass is 10.2. The van der Waals surface area contributed by atoms with Crippen molar-refractivity contribution in [1.29, 1.82) is 0 Å². The van der Waals surface area contributed by atoms with Crippen LogP contribution in [0.3, 0.4) is 0 Å². The van der Waals surface area contributed by atoms with Crippen molar-refractivity contribution in [3.8, 4) is 5.88 Å². The van der Waals surface area contributed by atoms with E-state index in [9.17, 15) is 34.8 Å². The van der Waals surface area contributed by atoms with Crippen molar-refractivity contribution >= 4 is 10.1 Å². The third-order valence-corrected chi connectivity index (χ3v) is 2.67. The molecule has 108 valence electrons. The van der Waals surface area contributed by atoms with Crippen molar-refractivity contribution in [2.24, 2.45) is 0 Å². The lowest BCUT2D eigenvalue weighted by Gasteiger charge is -2.11. The van der Waals surface area contributed by atoms with E-state index < -0.39 is 33.4 Å². The number of hydrogen-bond acceptors (Lipinski definition) is 4. The van der Waals surface area contributed by atoms with Gasteiger partial charge in [0.05, 0.1) is 0 Å². The highest BCUT2D eigenvalue weighted by molar-refractivity contribution is 7.87. The van der Waals surface area contributed by atoms with Gasteiger partial charge in [-0.05, 0) is 18.6 Å². The van der Waals surface area contributed by atoms with Crippen LogP contribution < -0.4 is 4.18 Å². The van der Waals surface area contributed by atoms with Gasteiger partial charge >= 0.3 is 21.8 Å². The van der Waals surface area contributed by atoms with E-state index >= 15 is 0 Å². The molecule has 0 atom stereocenters. The summed E-state index contributed by atoms with van der Waals surface area (Å²) in [7, 11) is -6.06. The maximum absolute atomic E-state index is 12.3. The summed E-state index contributed by atoms with van der Waals surface area (Å²) in [4.78, 5) is 2.68. The lowest BCUT2D eigenvalue weighted by Crippen LogP contribution is -2.28. The minimum Gasteiger partial charge on any atom is -0.355 e. The standard InChI is InChI=1S/C8H5F6NO3S/c1-4-2-5(7(9,10)11)15-6(3-4)18-19(16,17)8(12,13)14/h2-3H,1H3. The van der Waals surface area contributed by atoms with Crippen LogP contribution in [0.4, 0.5) is 26.3 Å². The van der Waals surface area contributed by atoms with Gasteiger partial charge in [0.25, 0.3) is 0 Å². The summed E-state index contributed by atoms with van der Waals surface area (Å²) in [5.74, 6) is -1.30. The smallest absolute Gasteiger partial charge is 0.355 e. The van der Waals surface area contributed by atoms with E-state index in [-0.39, 0.29) is 5.56 Å². The quantitative estimate of drug-likeness (QED) is 0.479. The first-order valence-corrected chi connectivity index (χ1v) is 5.80. The Balaban J connectivity index is 3.21. The first-order chi connectivity index (χ1) is 8.33. The monoisotopic (exact) mass is 309 g/mol. The highest BCUT2D eigenvalue weighted by atomic mass is 32.2. The molecule has 0 aromatic carbocycles. The molecule has 0 radical (unpaired) electrons. The van der Waals surface area contributed by atoms with E-state index in [1.165, 1.54) is 0 Å². The second-order valence-corrected chi connectivity index (χ2v) is 4.89. The molecule has 0 saturated carbocycles. The molecule has 0 aliphatic heterocycles. The third-order valence-electron chi connectivity index (χ3n) is 1.72. The summed E-state index contributed by atoms with van der Waals surface area (Å²) in [5, 5.41) is 0. The van der Waals surface area contributed by atoms with Crippen LogP contribution >= 0.6 is 0 Å². The van der Waals surface area contributed by atoms with Crippen molar-refractivity contribution in [1.82, 2.24) is 4.98 Å². The predicted molar refractivity (Wildman–Crippen MR) is 49.6 cm³/mol. The first kappa shape index (κ1) is 15.5. The van der Waals surface area contributed by atoms with Gasteiger partial charge in [-0.1, -0.05) is 0 Å². The summed E-state index contributed by atoms with van der Waals surface area (Å²) >= 11 is 0. The second kappa shape index (κ2) is 4.54. The largest absolute Gasteiger partial charge is 0.534 e. The molecule has 0 fully saturated rings. The molecule has 0 N–H and O–H groups in total. The Hall–Kier alpha value is -1.52. The average Bonchev–Trinajstić information content (AvgIpc) is 2.12. The Morgan fingerprint density at radius 2 is 1.63 bits per heavy atom. The van der Waals surface area contributed by atoms with Crippen LogP contribution in [-0.2, 0) is 16.3 Å². The minimum absolute atomic E-state index is 0.158. The molecule has 4 nitrogen and oxygen atoms in total. The van der Waals surface area contributed by atoms with Crippen molar-refractivity contribution in [3.63, 3.8) is 0 Å². The van der Waals surface area contributed by atoms with Crippen LogP contribution in [0.25, 0.3) is 0 Å². The van der Waals surface area contributed by atoms with Crippen LogP contribution in [0.15, 0.2) is 12.1 Å². The van der Waals surface area contributed by atoms with Gasteiger partial charge in [-0.15, -0.1) is 0 Å². The molecular formula is C8H5F6NO3S. The molecular weight excluding hydrogens is 304 g/mol. The van der Waals surface area contributed by atoms with Crippen molar-refractivity contribution in [3.05, 3.63) is 23.4 Å². The van der Waals surface area contributed by atoms with Crippen LogP contribution in [-0.4, -0.2) is 18.9 Å². The lowest BCUT2D eigenvalue weighted by molar-refractivity contribution is -0.141. The van der Waals surface area contributed by atoms with Crippen LogP contribution in [0.2, 0.25) is 0 Å². The normalized spacial score (nSPS) is 13.4. The Morgan fingerprint density at radius 1 is 1.11 bits per heavy atom. The molecule has 0 amide bonds. The molecule has 0 saturated heterocycles. The van der Waals surface area contributed by atoms with Crippen molar-refractivity contribution in [2.45, 2.75) is 18.6 Å². The molecule has 0 aliphatic carbocycles. The fraction of sp³-hybridized carbons (Fsp3) is 0.375. The van der Waals surface area contributed by atoms with Crippen molar-refractivity contribution < 1.29 is 38.9 Å². The molecule has 0 spiro atoms. The maximum Gasteiger partial charge on any atom is 0.534 e. The number of pyridine rings is 1. The molecule has 19 heavy (non-hydrogen) atoms. The summed E-state index contributed by atoms with van der Waals surface area (Å²) in [6, 6.07) is 1.17. The van der Waals surface area contributed by atoms with E-state index in [1.807, 2.05) is 0 Å². The zero-order valence-electron chi connectivity index (χ0n) is 9.00. The van der Waals surface area contributed by atoms with Gasteiger partial charge in [0.2, 0.25) is 5.88 Å². The number of rotatable bonds is 2. The van der Waals surface area contributed by atoms with Crippen LogP contribution in [0, 0.1) is 6.92 Å². The Bertz CT molecular complexity index is 577. The van der Waals surface area contributed by atoms with Crippen LogP contribution in [0.1, 0.15) is 11.3 Å². The maximum atomic E-state index is 12.3. The first-order valence-electron chi connectivity index (χ1n) is 4.39. The average molecular weight is 309 g/mol. The molecule has 0 unspecified atom stereocenters. The fourth-order valence-corrected chi connectivity index (χ4v) is 1.39. The van der Waals surface area contributed by atoms with E-state index in [1.54, 1.807) is 0 Å². The number of hydrogen-bond donors (Lipinski definition) is 0. The summed E-state index contributed by atoms with van der Waals surface area (Å²) in [6.45, 7) is 1.12. The molecule has 11 heteroatoms. The molecule has 1 aromatic heterocycles. The van der Waals surface area contributed by atoms with Gasteiger partial charge in [0.15, 0.2) is 0 Å². The molecule has 0 bridgehead atoms. The summed E-state index contributed by atoms with van der Waals surface area (Å²) in [5.41, 5.74) is -7.47. The molecule has 1 heterocycles. The van der Waals surface area contributed by atoms with Gasteiger partial charge in [0, 0.05) is 6.07 Å². The molecule has 0 aliphatic rings. The van der Waals surface area contributed by atoms with E-state index in [0.717, 1.165) is 6.92 Å². The highest BCUT2D eigenvalue weighted by Gasteiger charge is 2.49. The SMILES string of the molecule is Cc1cc(OS(=O)(=O)C(F)(F)F)nc(C(F)(F)F)c1. The summed E-state index contributed by atoms with van der Waals surface area (Å²) in [6.07, 6.45) is -4.94. The Labute approximate surface area is 103 Å². The van der Waals surface area contributed by atoms with Crippen molar-refractivity contribution in [2.75, 3.05) is 0 Å². The minimum atomic E-state index is -6.06. The second-order valence-electron chi connectivity index (χ2n) is 3.35. The van der Waals surface area contributed by atoms with Gasteiger partial charge in [-0.3, -0.25) is 0 Å². The topological polar surface area (TPSA) is 56.3 Å². The number of aryl methyl sites for hydroxylation is 1. The molecule has 1 rings (SSSR count). The zero-order chi connectivity index (χ0) is 15.1. The predicted octanol–water partition coefficient (Wildman–Crippen LogP) is 2.64. The van der Waals surface area contributed by atoms with Crippen LogP contribution in [0.5, 0.6) is 5.88 Å². The summed E-state index contributed by atoms with van der Waals surface area (Å²) < 4.78 is 97.7. The van der Waals surface area contributed by atoms with E-state index in [2.05, 4.69) is 9.17 Å². The number of halogens is 6. The van der Waals surface area contributed by atoms with E-state index in [4.69, 9.17) is 0 Å². The fourth-order valence-electron chi connectivity index (χ4n) is 0.983. The number of alkyl halides is 6. The zero-order valence-corrected chi connectivity index (χ0v) is 9.82.